The number of hydrogen-bond acceptors (Lipinski definition) is 4. The van der Waals surface area contributed by atoms with Crippen molar-refractivity contribution in [1.29, 1.82) is 0 Å². The van der Waals surface area contributed by atoms with Crippen LogP contribution in [0.4, 0.5) is 5.69 Å². The number of aromatic nitrogens is 1. The summed E-state index contributed by atoms with van der Waals surface area (Å²) in [4.78, 5) is 24.1. The van der Waals surface area contributed by atoms with Crippen LogP contribution in [0.1, 0.15) is 12.5 Å². The predicted octanol–water partition coefficient (Wildman–Crippen LogP) is 5.26. The van der Waals surface area contributed by atoms with Gasteiger partial charge in [0.05, 0.1) is 26.0 Å². The Morgan fingerprint density at radius 3 is 2.73 bits per heavy atom. The monoisotopic (exact) mass is 426 g/mol. The Morgan fingerprint density at radius 2 is 2.00 bits per heavy atom. The number of carbonyl (C=O) groups is 1. The Hall–Kier alpha value is -1.47. The van der Waals surface area contributed by atoms with Gasteiger partial charge < -0.3 is 5.32 Å². The second-order valence-electron chi connectivity index (χ2n) is 5.58. The minimum atomic E-state index is -0.0864. The smallest absolute Gasteiger partial charge is 0.308 e. The number of halogens is 2. The molecule has 0 unspecified atom stereocenters. The third-order valence-electron chi connectivity index (χ3n) is 3.75. The quantitative estimate of drug-likeness (QED) is 0.584. The highest BCUT2D eigenvalue weighted by molar-refractivity contribution is 7.99. The first-order chi connectivity index (χ1) is 12.5. The Labute approximate surface area is 169 Å². The number of carbonyl (C=O) groups excluding carboxylic acids is 1. The Kier molecular flexibility index (Phi) is 6.29. The lowest BCUT2D eigenvalue weighted by molar-refractivity contribution is -0.113. The first-order valence-electron chi connectivity index (χ1n) is 7.93. The number of nitrogens with zero attached hydrogens (tertiary/aromatic N) is 1. The SMILES string of the molecule is CCn1c(=O)sc2cc(NC(=O)CSCc3ccc(Cl)c(Cl)c3)ccc21. The van der Waals surface area contributed by atoms with Crippen LogP contribution in [0.5, 0.6) is 0 Å². The highest BCUT2D eigenvalue weighted by atomic mass is 35.5. The van der Waals surface area contributed by atoms with Gasteiger partial charge in [-0.2, -0.15) is 0 Å². The molecule has 0 aliphatic heterocycles. The molecular formula is C18H16Cl2N2O2S2. The van der Waals surface area contributed by atoms with Gasteiger partial charge >= 0.3 is 4.87 Å². The van der Waals surface area contributed by atoms with Gasteiger partial charge in [-0.25, -0.2) is 0 Å². The summed E-state index contributed by atoms with van der Waals surface area (Å²) in [5.74, 6) is 0.908. The number of amides is 1. The van der Waals surface area contributed by atoms with E-state index in [1.54, 1.807) is 10.6 Å². The molecule has 0 aliphatic rings. The van der Waals surface area contributed by atoms with Gasteiger partial charge in [0.25, 0.3) is 0 Å². The average molecular weight is 427 g/mol. The lowest BCUT2D eigenvalue weighted by atomic mass is 10.2. The van der Waals surface area contributed by atoms with E-state index in [1.807, 2.05) is 37.3 Å². The third-order valence-corrected chi connectivity index (χ3v) is 6.44. The second kappa shape index (κ2) is 8.48. The van der Waals surface area contributed by atoms with Gasteiger partial charge in [0.2, 0.25) is 5.91 Å². The number of anilines is 1. The molecule has 4 nitrogen and oxygen atoms in total. The fourth-order valence-corrected chi connectivity index (χ4v) is 4.62. The predicted molar refractivity (Wildman–Crippen MR) is 113 cm³/mol. The number of hydrogen-bond donors (Lipinski definition) is 1. The summed E-state index contributed by atoms with van der Waals surface area (Å²) in [6.45, 7) is 2.57. The highest BCUT2D eigenvalue weighted by Crippen LogP contribution is 2.25. The molecule has 1 heterocycles. The molecule has 136 valence electrons. The van der Waals surface area contributed by atoms with Crippen LogP contribution in [0.25, 0.3) is 10.2 Å². The van der Waals surface area contributed by atoms with E-state index in [-0.39, 0.29) is 10.8 Å². The second-order valence-corrected chi connectivity index (χ2v) is 8.38. The Balaban J connectivity index is 1.58. The van der Waals surface area contributed by atoms with Gasteiger partial charge in [-0.05, 0) is 42.8 Å². The molecule has 3 aromatic rings. The molecule has 0 radical (unpaired) electrons. The van der Waals surface area contributed by atoms with Crippen molar-refractivity contribution in [3.63, 3.8) is 0 Å². The van der Waals surface area contributed by atoms with Crippen molar-refractivity contribution < 1.29 is 4.79 Å². The van der Waals surface area contributed by atoms with Gasteiger partial charge in [-0.3, -0.25) is 14.2 Å². The zero-order chi connectivity index (χ0) is 18.7. The summed E-state index contributed by atoms with van der Waals surface area (Å²) < 4.78 is 2.59. The van der Waals surface area contributed by atoms with E-state index in [2.05, 4.69) is 5.32 Å². The van der Waals surface area contributed by atoms with Crippen molar-refractivity contribution in [2.75, 3.05) is 11.1 Å². The average Bonchev–Trinajstić information content (AvgIpc) is 2.92. The maximum absolute atomic E-state index is 12.1. The largest absolute Gasteiger partial charge is 0.325 e. The molecule has 2 aromatic carbocycles. The molecule has 0 fully saturated rings. The fraction of sp³-hybridized carbons (Fsp3) is 0.222. The summed E-state index contributed by atoms with van der Waals surface area (Å²) in [5, 5.41) is 3.91. The molecule has 1 amide bonds. The van der Waals surface area contributed by atoms with Crippen LogP contribution in [0.15, 0.2) is 41.2 Å². The van der Waals surface area contributed by atoms with E-state index in [1.165, 1.54) is 23.1 Å². The van der Waals surface area contributed by atoms with Crippen LogP contribution >= 0.6 is 46.3 Å². The highest BCUT2D eigenvalue weighted by Gasteiger charge is 2.09. The number of nitrogens with one attached hydrogen (secondary N) is 1. The molecule has 0 saturated carbocycles. The topological polar surface area (TPSA) is 51.1 Å². The van der Waals surface area contributed by atoms with Crippen molar-refractivity contribution in [3.05, 3.63) is 61.7 Å². The molecule has 26 heavy (non-hydrogen) atoms. The van der Waals surface area contributed by atoms with Gasteiger partial charge in [0, 0.05) is 18.0 Å². The first kappa shape index (κ1) is 19.3. The van der Waals surface area contributed by atoms with Crippen molar-refractivity contribution in [2.24, 2.45) is 0 Å². The molecule has 1 aromatic heterocycles. The lowest BCUT2D eigenvalue weighted by Gasteiger charge is -2.06. The van der Waals surface area contributed by atoms with E-state index >= 15 is 0 Å². The van der Waals surface area contributed by atoms with E-state index < -0.39 is 0 Å². The summed E-state index contributed by atoms with van der Waals surface area (Å²) in [6, 6.07) is 11.0. The van der Waals surface area contributed by atoms with E-state index in [9.17, 15) is 9.59 Å². The van der Waals surface area contributed by atoms with Crippen molar-refractivity contribution >= 4 is 68.1 Å². The van der Waals surface area contributed by atoms with Crippen molar-refractivity contribution in [3.8, 4) is 0 Å². The molecule has 0 atom stereocenters. The summed E-state index contributed by atoms with van der Waals surface area (Å²) in [6.07, 6.45) is 0. The third kappa shape index (κ3) is 4.43. The van der Waals surface area contributed by atoms with Crippen LogP contribution in [-0.2, 0) is 17.1 Å². The van der Waals surface area contributed by atoms with Crippen molar-refractivity contribution in [2.45, 2.75) is 19.2 Å². The molecular weight excluding hydrogens is 411 g/mol. The van der Waals surface area contributed by atoms with Crippen LogP contribution < -0.4 is 10.2 Å². The zero-order valence-corrected chi connectivity index (χ0v) is 17.1. The van der Waals surface area contributed by atoms with Gasteiger partial charge in [0.1, 0.15) is 0 Å². The standard InChI is InChI=1S/C18H16Cl2N2O2S2/c1-2-22-15-6-4-12(8-16(15)26-18(22)24)21-17(23)10-25-9-11-3-5-13(19)14(20)7-11/h3-8H,2,9-10H2,1H3,(H,21,23). The molecule has 3 rings (SSSR count). The first-order valence-corrected chi connectivity index (χ1v) is 10.7. The number of benzene rings is 2. The van der Waals surface area contributed by atoms with Crippen LogP contribution in [-0.4, -0.2) is 16.2 Å². The molecule has 0 aliphatic carbocycles. The molecule has 8 heteroatoms. The van der Waals surface area contributed by atoms with Crippen LogP contribution in [0.2, 0.25) is 10.0 Å². The van der Waals surface area contributed by atoms with Crippen molar-refractivity contribution in [1.82, 2.24) is 4.57 Å². The minimum absolute atomic E-state index is 0.0168. The number of thioether (sulfide) groups is 1. The molecule has 0 bridgehead atoms. The van der Waals surface area contributed by atoms with Gasteiger partial charge in [-0.15, -0.1) is 11.8 Å². The van der Waals surface area contributed by atoms with E-state index in [0.717, 1.165) is 15.8 Å². The maximum Gasteiger partial charge on any atom is 0.308 e. The van der Waals surface area contributed by atoms with E-state index in [0.29, 0.717) is 33.8 Å². The molecule has 0 saturated heterocycles. The fourth-order valence-electron chi connectivity index (χ4n) is 2.53. The summed E-state index contributed by atoms with van der Waals surface area (Å²) in [7, 11) is 0. The summed E-state index contributed by atoms with van der Waals surface area (Å²) in [5.41, 5.74) is 2.61. The van der Waals surface area contributed by atoms with E-state index in [4.69, 9.17) is 23.2 Å². The number of rotatable bonds is 6. The number of fused-ring (bicyclic) bond motifs is 1. The van der Waals surface area contributed by atoms with Gasteiger partial charge in [0.15, 0.2) is 0 Å². The van der Waals surface area contributed by atoms with Crippen LogP contribution in [0.3, 0.4) is 0 Å². The molecule has 0 spiro atoms. The number of thiazole rings is 1. The summed E-state index contributed by atoms with van der Waals surface area (Å²) >= 11 is 14.6. The van der Waals surface area contributed by atoms with Gasteiger partial charge in [-0.1, -0.05) is 40.6 Å². The normalized spacial score (nSPS) is 11.0. The number of aryl methyl sites for hydroxylation is 1. The van der Waals surface area contributed by atoms with Crippen LogP contribution in [0, 0.1) is 0 Å². The minimum Gasteiger partial charge on any atom is -0.325 e. The maximum atomic E-state index is 12.1. The lowest BCUT2D eigenvalue weighted by Crippen LogP contribution is -2.14. The molecule has 1 N–H and O–H groups in total. The Morgan fingerprint density at radius 1 is 1.19 bits per heavy atom. The Bertz CT molecular complexity index is 1010. The zero-order valence-electron chi connectivity index (χ0n) is 13.9.